The van der Waals surface area contributed by atoms with Crippen LogP contribution >= 0.6 is 23.2 Å². The van der Waals surface area contributed by atoms with Crippen LogP contribution in [0.25, 0.3) is 5.76 Å². The molecule has 9 heteroatoms. The Bertz CT molecular complexity index is 1320. The van der Waals surface area contributed by atoms with Crippen LogP contribution in [0.2, 0.25) is 10.0 Å². The summed E-state index contributed by atoms with van der Waals surface area (Å²) in [7, 11) is 1.44. The number of carbonyl (C=O) groups excluding carboxylic acids is 2. The fourth-order valence-electron chi connectivity index (χ4n) is 3.83. The molecular weight excluding hydrogens is 484 g/mol. The Morgan fingerprint density at radius 2 is 1.74 bits per heavy atom. The lowest BCUT2D eigenvalue weighted by Gasteiger charge is -2.26. The van der Waals surface area contributed by atoms with E-state index in [4.69, 9.17) is 27.9 Å². The summed E-state index contributed by atoms with van der Waals surface area (Å²) in [5.74, 6) is -2.52. The molecule has 0 radical (unpaired) electrons. The zero-order valence-corrected chi connectivity index (χ0v) is 19.3. The number of carbonyl (C=O) groups is 2. The number of methoxy groups -OCH3 is 1. The topological polar surface area (TPSA) is 87.1 Å². The number of likely N-dealkylation sites (tertiary alicyclic amines) is 1. The summed E-state index contributed by atoms with van der Waals surface area (Å²) < 4.78 is 18.6. The molecule has 6 nitrogen and oxygen atoms in total. The molecule has 0 aliphatic carbocycles. The lowest BCUT2D eigenvalue weighted by atomic mass is 9.95. The van der Waals surface area contributed by atoms with Crippen molar-refractivity contribution in [2.24, 2.45) is 0 Å². The second-order valence-electron chi connectivity index (χ2n) is 7.61. The molecule has 2 N–H and O–H groups in total. The molecule has 1 fully saturated rings. The first-order valence-corrected chi connectivity index (χ1v) is 10.8. The first-order chi connectivity index (χ1) is 16.2. The Morgan fingerprint density at radius 3 is 2.38 bits per heavy atom. The molecule has 0 aromatic heterocycles. The maximum atomic E-state index is 13.4. The third-order valence-electron chi connectivity index (χ3n) is 5.52. The number of hydrogen-bond acceptors (Lipinski definition) is 5. The smallest absolute Gasteiger partial charge is 0.295 e. The van der Waals surface area contributed by atoms with E-state index in [1.54, 1.807) is 6.07 Å². The zero-order valence-electron chi connectivity index (χ0n) is 17.8. The van der Waals surface area contributed by atoms with Crippen molar-refractivity contribution in [2.45, 2.75) is 12.6 Å². The van der Waals surface area contributed by atoms with Gasteiger partial charge in [-0.3, -0.25) is 9.59 Å². The SMILES string of the molecule is COc1ccc(Cl)c(/C(O)=C2\C(=O)C(=O)N(Cc3ccc(F)cc3)C2c2ccc(O)c(Cl)c2)c1. The highest BCUT2D eigenvalue weighted by atomic mass is 35.5. The number of halogens is 3. The van der Waals surface area contributed by atoms with Crippen LogP contribution in [0.4, 0.5) is 4.39 Å². The van der Waals surface area contributed by atoms with Crippen LogP contribution < -0.4 is 4.74 Å². The maximum absolute atomic E-state index is 13.4. The van der Waals surface area contributed by atoms with Gasteiger partial charge in [0.15, 0.2) is 0 Å². The van der Waals surface area contributed by atoms with Crippen LogP contribution in [0.3, 0.4) is 0 Å². The monoisotopic (exact) mass is 501 g/mol. The van der Waals surface area contributed by atoms with Crippen LogP contribution in [-0.4, -0.2) is 33.9 Å². The highest BCUT2D eigenvalue weighted by Crippen LogP contribution is 2.43. The van der Waals surface area contributed by atoms with Crippen molar-refractivity contribution in [1.29, 1.82) is 0 Å². The van der Waals surface area contributed by atoms with Gasteiger partial charge in [-0.15, -0.1) is 0 Å². The number of phenolic OH excluding ortho intramolecular Hbond substituents is 1. The van der Waals surface area contributed by atoms with Crippen molar-refractivity contribution in [1.82, 2.24) is 4.90 Å². The van der Waals surface area contributed by atoms with Crippen LogP contribution in [0.15, 0.2) is 66.2 Å². The van der Waals surface area contributed by atoms with Gasteiger partial charge in [0.2, 0.25) is 0 Å². The van der Waals surface area contributed by atoms with Gasteiger partial charge >= 0.3 is 0 Å². The Balaban J connectivity index is 1.91. The van der Waals surface area contributed by atoms with E-state index in [0.29, 0.717) is 16.9 Å². The van der Waals surface area contributed by atoms with Gasteiger partial charge in [-0.1, -0.05) is 41.4 Å². The number of amides is 1. The first kappa shape index (κ1) is 23.6. The quantitative estimate of drug-likeness (QED) is 0.275. The van der Waals surface area contributed by atoms with Crippen molar-refractivity contribution >= 4 is 40.7 Å². The molecule has 1 unspecified atom stereocenters. The average molecular weight is 502 g/mol. The Labute approximate surface area is 204 Å². The molecule has 1 amide bonds. The molecule has 1 heterocycles. The Hall–Kier alpha value is -3.55. The fraction of sp³-hybridized carbons (Fsp3) is 0.120. The number of nitrogens with zero attached hydrogens (tertiary/aromatic N) is 1. The Kier molecular flexibility index (Phi) is 6.50. The highest BCUT2D eigenvalue weighted by molar-refractivity contribution is 6.47. The summed E-state index contributed by atoms with van der Waals surface area (Å²) >= 11 is 12.4. The summed E-state index contributed by atoms with van der Waals surface area (Å²) in [6.45, 7) is -0.0450. The summed E-state index contributed by atoms with van der Waals surface area (Å²) in [5, 5.41) is 21.2. The van der Waals surface area contributed by atoms with E-state index in [9.17, 15) is 24.2 Å². The maximum Gasteiger partial charge on any atom is 0.295 e. The van der Waals surface area contributed by atoms with E-state index in [2.05, 4.69) is 0 Å². The second-order valence-corrected chi connectivity index (χ2v) is 8.42. The number of aromatic hydroxyl groups is 1. The molecular formula is C25H18Cl2FNO5. The van der Waals surface area contributed by atoms with E-state index < -0.39 is 29.3 Å². The molecule has 3 aromatic carbocycles. The third kappa shape index (κ3) is 4.32. The molecule has 174 valence electrons. The molecule has 0 bridgehead atoms. The number of rotatable bonds is 5. The van der Waals surface area contributed by atoms with E-state index in [0.717, 1.165) is 0 Å². The van der Waals surface area contributed by atoms with Gasteiger partial charge in [-0.05, 0) is 53.6 Å². The second kappa shape index (κ2) is 9.37. The standard InChI is InChI=1S/C25H18Cl2FNO5/c1-34-16-7-8-18(26)17(11-16)23(31)21-22(14-4-9-20(30)19(27)10-14)29(25(33)24(21)32)12-13-2-5-15(28)6-3-13/h2-11,22,30-31H,12H2,1H3/b23-21+. The largest absolute Gasteiger partial charge is 0.507 e. The van der Waals surface area contributed by atoms with Gasteiger partial charge < -0.3 is 19.8 Å². The molecule has 1 aliphatic rings. The molecule has 1 atom stereocenters. The lowest BCUT2D eigenvalue weighted by Crippen LogP contribution is -2.29. The summed E-state index contributed by atoms with van der Waals surface area (Å²) in [6.07, 6.45) is 0. The molecule has 4 rings (SSSR count). The van der Waals surface area contributed by atoms with Crippen molar-refractivity contribution < 1.29 is 28.9 Å². The number of Topliss-reactive ketones (excluding diaryl/α,β-unsaturated/α-hetero) is 1. The van der Waals surface area contributed by atoms with Gasteiger partial charge in [0, 0.05) is 12.1 Å². The first-order valence-electron chi connectivity index (χ1n) is 10.1. The lowest BCUT2D eigenvalue weighted by molar-refractivity contribution is -0.140. The predicted molar refractivity (Wildman–Crippen MR) is 125 cm³/mol. The Morgan fingerprint density at radius 1 is 1.03 bits per heavy atom. The molecule has 1 aliphatic heterocycles. The molecule has 0 saturated carbocycles. The normalized spacial score (nSPS) is 17.3. The van der Waals surface area contributed by atoms with Crippen molar-refractivity contribution in [3.63, 3.8) is 0 Å². The van der Waals surface area contributed by atoms with Gasteiger partial charge in [-0.25, -0.2) is 4.39 Å². The van der Waals surface area contributed by atoms with Crippen molar-refractivity contribution in [3.8, 4) is 11.5 Å². The minimum absolute atomic E-state index is 0.00397. The van der Waals surface area contributed by atoms with E-state index >= 15 is 0 Å². The number of aliphatic hydroxyl groups is 1. The van der Waals surface area contributed by atoms with E-state index in [-0.39, 0.29) is 33.5 Å². The van der Waals surface area contributed by atoms with Crippen LogP contribution in [0, 0.1) is 5.82 Å². The number of ketones is 1. The van der Waals surface area contributed by atoms with Gasteiger partial charge in [0.25, 0.3) is 11.7 Å². The number of ether oxygens (including phenoxy) is 1. The van der Waals surface area contributed by atoms with Crippen molar-refractivity contribution in [2.75, 3.05) is 7.11 Å². The van der Waals surface area contributed by atoms with Gasteiger partial charge in [0.05, 0.1) is 28.8 Å². The van der Waals surface area contributed by atoms with Crippen LogP contribution in [-0.2, 0) is 16.1 Å². The molecule has 0 spiro atoms. The van der Waals surface area contributed by atoms with E-state index in [1.807, 2.05) is 0 Å². The predicted octanol–water partition coefficient (Wildman–Crippen LogP) is 5.47. The third-order valence-corrected chi connectivity index (χ3v) is 6.15. The number of hydrogen-bond donors (Lipinski definition) is 2. The van der Waals surface area contributed by atoms with Crippen LogP contribution in [0.1, 0.15) is 22.7 Å². The summed E-state index contributed by atoms with van der Waals surface area (Å²) in [5.41, 5.74) is 0.849. The summed E-state index contributed by atoms with van der Waals surface area (Å²) in [4.78, 5) is 27.5. The number of phenols is 1. The highest BCUT2D eigenvalue weighted by Gasteiger charge is 2.46. The van der Waals surface area contributed by atoms with E-state index in [1.165, 1.54) is 66.6 Å². The fourth-order valence-corrected chi connectivity index (χ4v) is 4.22. The number of aliphatic hydroxyl groups excluding tert-OH is 1. The van der Waals surface area contributed by atoms with Crippen molar-refractivity contribution in [3.05, 3.63) is 98.8 Å². The number of benzene rings is 3. The molecule has 34 heavy (non-hydrogen) atoms. The molecule has 1 saturated heterocycles. The molecule has 3 aromatic rings. The minimum Gasteiger partial charge on any atom is -0.507 e. The summed E-state index contributed by atoms with van der Waals surface area (Å²) in [6, 6.07) is 13.2. The van der Waals surface area contributed by atoms with Crippen LogP contribution in [0.5, 0.6) is 11.5 Å². The van der Waals surface area contributed by atoms with Gasteiger partial charge in [-0.2, -0.15) is 0 Å². The average Bonchev–Trinajstić information content (AvgIpc) is 3.07. The van der Waals surface area contributed by atoms with Gasteiger partial charge in [0.1, 0.15) is 23.1 Å². The minimum atomic E-state index is -1.05. The zero-order chi connectivity index (χ0) is 24.6.